The molecule has 3 nitrogen and oxygen atoms in total. The predicted molar refractivity (Wildman–Crippen MR) is 82.4 cm³/mol. The summed E-state index contributed by atoms with van der Waals surface area (Å²) in [7, 11) is 0. The third-order valence-electron chi connectivity index (χ3n) is 3.45. The molecule has 3 rings (SSSR count). The van der Waals surface area contributed by atoms with Crippen LogP contribution in [0.1, 0.15) is 17.3 Å². The second-order valence-corrected chi connectivity index (χ2v) is 5.65. The van der Waals surface area contributed by atoms with Crippen LogP contribution >= 0.6 is 11.6 Å². The molecular formula is C17H15ClO3. The molecule has 0 spiro atoms. The van der Waals surface area contributed by atoms with Crippen molar-refractivity contribution < 1.29 is 14.3 Å². The van der Waals surface area contributed by atoms with Crippen molar-refractivity contribution in [2.24, 2.45) is 5.92 Å². The average molecular weight is 303 g/mol. The van der Waals surface area contributed by atoms with E-state index in [-0.39, 0.29) is 0 Å². The van der Waals surface area contributed by atoms with E-state index in [1.54, 1.807) is 12.1 Å². The van der Waals surface area contributed by atoms with Crippen molar-refractivity contribution >= 4 is 17.9 Å². The molecule has 0 amide bonds. The highest BCUT2D eigenvalue weighted by atomic mass is 35.5. The summed E-state index contributed by atoms with van der Waals surface area (Å²) in [5.41, 5.74) is 2.41. The van der Waals surface area contributed by atoms with E-state index in [1.165, 1.54) is 0 Å². The Morgan fingerprint density at radius 2 is 1.71 bits per heavy atom. The van der Waals surface area contributed by atoms with Crippen LogP contribution in [0, 0.1) is 5.92 Å². The Bertz CT molecular complexity index is 682. The van der Waals surface area contributed by atoms with Crippen LogP contribution in [0.2, 0.25) is 5.02 Å². The highest BCUT2D eigenvalue weighted by Crippen LogP contribution is 2.35. The van der Waals surface area contributed by atoms with Gasteiger partial charge in [-0.3, -0.25) is 4.79 Å². The van der Waals surface area contributed by atoms with Crippen LogP contribution in [0.5, 0.6) is 11.5 Å². The molecule has 1 aliphatic heterocycles. The van der Waals surface area contributed by atoms with E-state index in [1.807, 2.05) is 24.3 Å². The normalized spacial score (nSPS) is 17.1. The van der Waals surface area contributed by atoms with Gasteiger partial charge in [0.25, 0.3) is 0 Å². The molecule has 4 heteroatoms. The maximum Gasteiger partial charge on any atom is 0.161 e. The van der Waals surface area contributed by atoms with Crippen LogP contribution in [0.4, 0.5) is 0 Å². The number of rotatable bonds is 2. The summed E-state index contributed by atoms with van der Waals surface area (Å²) in [6.45, 7) is 3.39. The van der Waals surface area contributed by atoms with E-state index in [4.69, 9.17) is 21.1 Å². The molecule has 1 heterocycles. The van der Waals surface area contributed by atoms with Gasteiger partial charge in [0.05, 0.1) is 18.2 Å². The molecule has 1 atom stereocenters. The summed E-state index contributed by atoms with van der Waals surface area (Å²) < 4.78 is 11.5. The third-order valence-corrected chi connectivity index (χ3v) is 3.78. The van der Waals surface area contributed by atoms with Gasteiger partial charge in [-0.15, -0.1) is 0 Å². The maximum absolute atomic E-state index is 10.8. The second kappa shape index (κ2) is 5.78. The van der Waals surface area contributed by atoms with E-state index in [9.17, 15) is 4.79 Å². The van der Waals surface area contributed by atoms with Crippen LogP contribution in [0.15, 0.2) is 36.4 Å². The number of fused-ring (bicyclic) bond motifs is 1. The van der Waals surface area contributed by atoms with Gasteiger partial charge in [-0.05, 0) is 35.4 Å². The number of benzene rings is 2. The molecular weight excluding hydrogens is 288 g/mol. The van der Waals surface area contributed by atoms with E-state index in [2.05, 4.69) is 6.92 Å². The number of carbonyl (C=O) groups is 1. The van der Waals surface area contributed by atoms with Crippen LogP contribution in [-0.4, -0.2) is 19.5 Å². The lowest BCUT2D eigenvalue weighted by atomic mass is 10.0. The van der Waals surface area contributed by atoms with E-state index in [0.29, 0.717) is 29.7 Å². The van der Waals surface area contributed by atoms with Gasteiger partial charge in [0.2, 0.25) is 0 Å². The van der Waals surface area contributed by atoms with Gasteiger partial charge < -0.3 is 9.47 Å². The molecule has 2 aromatic carbocycles. The first-order valence-corrected chi connectivity index (χ1v) is 7.20. The fraction of sp³-hybridized carbons (Fsp3) is 0.235. The topological polar surface area (TPSA) is 35.5 Å². The molecule has 0 aromatic heterocycles. The first-order chi connectivity index (χ1) is 10.2. The smallest absolute Gasteiger partial charge is 0.161 e. The first-order valence-electron chi connectivity index (χ1n) is 6.82. The minimum atomic E-state index is 0.363. The predicted octanol–water partition coefficient (Wildman–Crippen LogP) is 4.23. The zero-order valence-electron chi connectivity index (χ0n) is 11.6. The third kappa shape index (κ3) is 2.88. The quantitative estimate of drug-likeness (QED) is 0.779. The highest BCUT2D eigenvalue weighted by Gasteiger charge is 2.15. The molecule has 2 aromatic rings. The zero-order valence-corrected chi connectivity index (χ0v) is 12.4. The van der Waals surface area contributed by atoms with Crippen molar-refractivity contribution in [1.82, 2.24) is 0 Å². The van der Waals surface area contributed by atoms with Crippen LogP contribution < -0.4 is 9.47 Å². The van der Waals surface area contributed by atoms with Gasteiger partial charge in [-0.2, -0.15) is 0 Å². The minimum absolute atomic E-state index is 0.363. The van der Waals surface area contributed by atoms with Crippen molar-refractivity contribution in [3.63, 3.8) is 0 Å². The lowest BCUT2D eigenvalue weighted by Gasteiger charge is -2.10. The largest absolute Gasteiger partial charge is 0.489 e. The SMILES string of the molecule is CC1COc2ccc(-c3ccc(C=O)c(Cl)c3)cc2OC1. The number of hydrogen-bond acceptors (Lipinski definition) is 3. The monoisotopic (exact) mass is 302 g/mol. The Labute approximate surface area is 128 Å². The Hall–Kier alpha value is -2.00. The summed E-state index contributed by atoms with van der Waals surface area (Å²) in [5, 5.41) is 0.447. The van der Waals surface area contributed by atoms with Crippen molar-refractivity contribution in [2.75, 3.05) is 13.2 Å². The Kier molecular flexibility index (Phi) is 3.84. The fourth-order valence-electron chi connectivity index (χ4n) is 2.23. The molecule has 0 radical (unpaired) electrons. The first kappa shape index (κ1) is 14.0. The number of halogens is 1. The molecule has 1 aliphatic rings. The molecule has 1 unspecified atom stereocenters. The summed E-state index contributed by atoms with van der Waals surface area (Å²) >= 11 is 6.08. The highest BCUT2D eigenvalue weighted by molar-refractivity contribution is 6.33. The van der Waals surface area contributed by atoms with Gasteiger partial charge >= 0.3 is 0 Å². The maximum atomic E-state index is 10.8. The Morgan fingerprint density at radius 3 is 2.43 bits per heavy atom. The van der Waals surface area contributed by atoms with E-state index >= 15 is 0 Å². The summed E-state index contributed by atoms with van der Waals surface area (Å²) in [4.78, 5) is 10.8. The standard InChI is InChI=1S/C17H15ClO3/c1-11-9-20-16-5-4-13(7-17(16)21-10-11)12-2-3-14(8-19)15(18)6-12/h2-8,11H,9-10H2,1H3. The van der Waals surface area contributed by atoms with Crippen LogP contribution in [0.25, 0.3) is 11.1 Å². The number of aldehydes is 1. The molecule has 0 aliphatic carbocycles. The molecule has 0 saturated carbocycles. The van der Waals surface area contributed by atoms with Gasteiger partial charge in [-0.25, -0.2) is 0 Å². The van der Waals surface area contributed by atoms with Gasteiger partial charge in [0, 0.05) is 11.5 Å². The zero-order chi connectivity index (χ0) is 14.8. The molecule has 0 N–H and O–H groups in total. The van der Waals surface area contributed by atoms with Gasteiger partial charge in [0.15, 0.2) is 17.8 Å². The second-order valence-electron chi connectivity index (χ2n) is 5.24. The van der Waals surface area contributed by atoms with Crippen molar-refractivity contribution in [3.8, 4) is 22.6 Å². The van der Waals surface area contributed by atoms with Crippen LogP contribution in [0.3, 0.4) is 0 Å². The van der Waals surface area contributed by atoms with Crippen molar-refractivity contribution in [3.05, 3.63) is 47.0 Å². The Morgan fingerprint density at radius 1 is 1.05 bits per heavy atom. The molecule has 0 bridgehead atoms. The summed E-state index contributed by atoms with van der Waals surface area (Å²) in [6, 6.07) is 11.2. The average Bonchev–Trinajstić information content (AvgIpc) is 2.69. The number of hydrogen-bond donors (Lipinski definition) is 0. The van der Waals surface area contributed by atoms with Crippen LogP contribution in [-0.2, 0) is 0 Å². The fourth-order valence-corrected chi connectivity index (χ4v) is 2.46. The molecule has 0 saturated heterocycles. The summed E-state index contributed by atoms with van der Waals surface area (Å²) in [6.07, 6.45) is 0.751. The molecule has 21 heavy (non-hydrogen) atoms. The lowest BCUT2D eigenvalue weighted by molar-refractivity contribution is 0.112. The lowest BCUT2D eigenvalue weighted by Crippen LogP contribution is -2.12. The van der Waals surface area contributed by atoms with E-state index in [0.717, 1.165) is 28.9 Å². The summed E-state index contributed by atoms with van der Waals surface area (Å²) in [5.74, 6) is 1.87. The van der Waals surface area contributed by atoms with E-state index < -0.39 is 0 Å². The number of ether oxygens (including phenoxy) is 2. The molecule has 108 valence electrons. The molecule has 0 fully saturated rings. The Balaban J connectivity index is 1.97. The van der Waals surface area contributed by atoms with Gasteiger partial charge in [0.1, 0.15) is 0 Å². The van der Waals surface area contributed by atoms with Crippen molar-refractivity contribution in [1.29, 1.82) is 0 Å². The number of carbonyl (C=O) groups excluding carboxylic acids is 1. The van der Waals surface area contributed by atoms with Gasteiger partial charge in [-0.1, -0.05) is 30.7 Å². The minimum Gasteiger partial charge on any atom is -0.489 e. The van der Waals surface area contributed by atoms with Crippen molar-refractivity contribution in [2.45, 2.75) is 6.92 Å².